The van der Waals surface area contributed by atoms with Gasteiger partial charge in [0, 0.05) is 42.9 Å². The van der Waals surface area contributed by atoms with Gasteiger partial charge < -0.3 is 15.6 Å². The van der Waals surface area contributed by atoms with Crippen LogP contribution in [-0.4, -0.2) is 30.5 Å². The van der Waals surface area contributed by atoms with Crippen molar-refractivity contribution in [2.45, 2.75) is 5.92 Å². The number of benzene rings is 1. The van der Waals surface area contributed by atoms with Gasteiger partial charge in [0.25, 0.3) is 5.91 Å². The molecule has 0 bridgehead atoms. The number of hydrogen-bond donors (Lipinski definition) is 3. The Hall–Kier alpha value is -1.78. The SMILES string of the molecule is O=C1NC[C@@H]2CNC[C@H]2c2ccc(-c3[nH]ccc3Cl)cc21. The first-order valence-electron chi connectivity index (χ1n) is 7.20. The Morgan fingerprint density at radius 3 is 2.86 bits per heavy atom. The molecule has 108 valence electrons. The predicted octanol–water partition coefficient (Wildman–Crippen LogP) is 2.38. The minimum atomic E-state index is 0.0175. The van der Waals surface area contributed by atoms with E-state index < -0.39 is 0 Å². The average molecular weight is 302 g/mol. The van der Waals surface area contributed by atoms with Crippen LogP contribution in [0, 0.1) is 5.92 Å². The highest BCUT2D eigenvalue weighted by molar-refractivity contribution is 6.33. The molecule has 0 unspecified atom stereocenters. The third kappa shape index (κ3) is 2.06. The van der Waals surface area contributed by atoms with Crippen LogP contribution in [0.3, 0.4) is 0 Å². The highest BCUT2D eigenvalue weighted by Crippen LogP contribution is 2.35. The minimum absolute atomic E-state index is 0.0175. The van der Waals surface area contributed by atoms with E-state index in [1.165, 1.54) is 0 Å². The number of carbonyl (C=O) groups excluding carboxylic acids is 1. The van der Waals surface area contributed by atoms with Gasteiger partial charge in [-0.05, 0) is 23.6 Å². The summed E-state index contributed by atoms with van der Waals surface area (Å²) < 4.78 is 0. The number of amides is 1. The van der Waals surface area contributed by atoms with E-state index >= 15 is 0 Å². The molecule has 2 aromatic rings. The highest BCUT2D eigenvalue weighted by atomic mass is 35.5. The quantitative estimate of drug-likeness (QED) is 0.757. The second-order valence-corrected chi connectivity index (χ2v) is 6.14. The molecule has 0 saturated carbocycles. The summed E-state index contributed by atoms with van der Waals surface area (Å²) in [4.78, 5) is 15.5. The van der Waals surface area contributed by atoms with E-state index in [-0.39, 0.29) is 5.91 Å². The molecule has 3 heterocycles. The number of aromatic amines is 1. The van der Waals surface area contributed by atoms with Crippen molar-refractivity contribution in [1.82, 2.24) is 15.6 Å². The van der Waals surface area contributed by atoms with E-state index in [4.69, 9.17) is 11.6 Å². The van der Waals surface area contributed by atoms with E-state index in [2.05, 4.69) is 21.7 Å². The Balaban J connectivity index is 1.83. The maximum Gasteiger partial charge on any atom is 0.251 e. The first-order valence-corrected chi connectivity index (χ1v) is 7.58. The van der Waals surface area contributed by atoms with Crippen LogP contribution in [0.1, 0.15) is 21.8 Å². The smallest absolute Gasteiger partial charge is 0.251 e. The van der Waals surface area contributed by atoms with Gasteiger partial charge in [0.1, 0.15) is 0 Å². The van der Waals surface area contributed by atoms with Gasteiger partial charge in [-0.2, -0.15) is 0 Å². The van der Waals surface area contributed by atoms with Crippen molar-refractivity contribution >= 4 is 17.5 Å². The Bertz CT molecular complexity index is 709. The third-order valence-electron chi connectivity index (χ3n) is 4.55. The van der Waals surface area contributed by atoms with Gasteiger partial charge in [0.15, 0.2) is 0 Å². The molecule has 2 aliphatic rings. The number of halogens is 1. The molecule has 4 nitrogen and oxygen atoms in total. The third-order valence-corrected chi connectivity index (χ3v) is 4.86. The molecule has 21 heavy (non-hydrogen) atoms. The lowest BCUT2D eigenvalue weighted by atomic mass is 9.86. The first-order chi connectivity index (χ1) is 10.2. The molecule has 1 saturated heterocycles. The van der Waals surface area contributed by atoms with Gasteiger partial charge in [0.05, 0.1) is 10.7 Å². The Kier molecular flexibility index (Phi) is 3.01. The van der Waals surface area contributed by atoms with Crippen molar-refractivity contribution in [2.75, 3.05) is 19.6 Å². The normalized spacial score (nSPS) is 24.1. The van der Waals surface area contributed by atoms with Crippen molar-refractivity contribution in [3.05, 3.63) is 46.6 Å². The number of aromatic nitrogens is 1. The van der Waals surface area contributed by atoms with Gasteiger partial charge in [0.2, 0.25) is 0 Å². The zero-order chi connectivity index (χ0) is 14.4. The molecular weight excluding hydrogens is 286 g/mol. The summed E-state index contributed by atoms with van der Waals surface area (Å²) in [5.74, 6) is 0.908. The molecular formula is C16H16ClN3O. The summed E-state index contributed by atoms with van der Waals surface area (Å²) in [6.45, 7) is 2.65. The van der Waals surface area contributed by atoms with Crippen molar-refractivity contribution in [3.8, 4) is 11.3 Å². The van der Waals surface area contributed by atoms with Crippen molar-refractivity contribution < 1.29 is 4.79 Å². The molecule has 0 spiro atoms. The molecule has 2 aliphatic heterocycles. The van der Waals surface area contributed by atoms with Crippen LogP contribution in [0.4, 0.5) is 0 Å². The molecule has 0 aliphatic carbocycles. The minimum Gasteiger partial charge on any atom is -0.360 e. The number of carbonyl (C=O) groups is 1. The van der Waals surface area contributed by atoms with E-state index in [1.54, 1.807) is 6.20 Å². The second kappa shape index (κ2) is 4.90. The van der Waals surface area contributed by atoms with Gasteiger partial charge in [-0.3, -0.25) is 4.79 Å². The first kappa shape index (κ1) is 12.9. The number of hydrogen-bond acceptors (Lipinski definition) is 2. The molecule has 1 aromatic carbocycles. The predicted molar refractivity (Wildman–Crippen MR) is 82.7 cm³/mol. The lowest BCUT2D eigenvalue weighted by Gasteiger charge is -2.16. The Morgan fingerprint density at radius 2 is 2.05 bits per heavy atom. The average Bonchev–Trinajstić information content (AvgIpc) is 3.10. The molecule has 4 rings (SSSR count). The fourth-order valence-electron chi connectivity index (χ4n) is 3.43. The van der Waals surface area contributed by atoms with E-state index in [0.717, 1.165) is 42.0 Å². The van der Waals surface area contributed by atoms with Gasteiger partial charge in [-0.15, -0.1) is 0 Å². The zero-order valence-electron chi connectivity index (χ0n) is 11.4. The maximum absolute atomic E-state index is 12.4. The molecule has 1 fully saturated rings. The summed E-state index contributed by atoms with van der Waals surface area (Å²) in [6.07, 6.45) is 1.81. The van der Waals surface area contributed by atoms with Gasteiger partial charge in [-0.25, -0.2) is 0 Å². The van der Waals surface area contributed by atoms with Crippen LogP contribution in [0.15, 0.2) is 30.5 Å². The molecule has 0 radical (unpaired) electrons. The highest BCUT2D eigenvalue weighted by Gasteiger charge is 2.34. The summed E-state index contributed by atoms with van der Waals surface area (Å²) in [5.41, 5.74) is 3.72. The molecule has 1 amide bonds. The largest absolute Gasteiger partial charge is 0.360 e. The van der Waals surface area contributed by atoms with E-state index in [9.17, 15) is 4.79 Å². The topological polar surface area (TPSA) is 56.9 Å². The lowest BCUT2D eigenvalue weighted by Crippen LogP contribution is -2.28. The second-order valence-electron chi connectivity index (χ2n) is 5.74. The van der Waals surface area contributed by atoms with E-state index in [0.29, 0.717) is 16.9 Å². The summed E-state index contributed by atoms with van der Waals surface area (Å²) in [6, 6.07) is 7.89. The van der Waals surface area contributed by atoms with Crippen LogP contribution >= 0.6 is 11.6 Å². The number of nitrogens with one attached hydrogen (secondary N) is 3. The summed E-state index contributed by atoms with van der Waals surface area (Å²) >= 11 is 6.17. The summed E-state index contributed by atoms with van der Waals surface area (Å²) in [7, 11) is 0. The van der Waals surface area contributed by atoms with Crippen LogP contribution < -0.4 is 10.6 Å². The van der Waals surface area contributed by atoms with Crippen molar-refractivity contribution in [2.24, 2.45) is 5.92 Å². The Labute approximate surface area is 127 Å². The Morgan fingerprint density at radius 1 is 1.14 bits per heavy atom. The van der Waals surface area contributed by atoms with Crippen molar-refractivity contribution in [3.63, 3.8) is 0 Å². The monoisotopic (exact) mass is 301 g/mol. The van der Waals surface area contributed by atoms with Crippen LogP contribution in [-0.2, 0) is 0 Å². The van der Waals surface area contributed by atoms with Crippen LogP contribution in [0.5, 0.6) is 0 Å². The lowest BCUT2D eigenvalue weighted by molar-refractivity contribution is 0.0952. The molecule has 5 heteroatoms. The molecule has 1 aromatic heterocycles. The number of rotatable bonds is 1. The standard InChI is InChI=1S/C16H16ClN3O/c17-14-3-4-19-15(14)9-1-2-11-12(5-9)16(21)20-7-10-6-18-8-13(10)11/h1-5,10,13,18-19H,6-8H2,(H,20,21)/t10-,13+/m0/s1. The van der Waals surface area contributed by atoms with Gasteiger partial charge >= 0.3 is 0 Å². The van der Waals surface area contributed by atoms with E-state index in [1.807, 2.05) is 18.2 Å². The van der Waals surface area contributed by atoms with Crippen molar-refractivity contribution in [1.29, 1.82) is 0 Å². The zero-order valence-corrected chi connectivity index (χ0v) is 12.2. The number of fused-ring (bicyclic) bond motifs is 3. The number of H-pyrrole nitrogens is 1. The fourth-order valence-corrected chi connectivity index (χ4v) is 3.66. The van der Waals surface area contributed by atoms with Crippen LogP contribution in [0.2, 0.25) is 5.02 Å². The summed E-state index contributed by atoms with van der Waals surface area (Å²) in [5, 5.41) is 7.13. The molecule has 3 N–H and O–H groups in total. The van der Waals surface area contributed by atoms with Gasteiger partial charge in [-0.1, -0.05) is 23.7 Å². The maximum atomic E-state index is 12.4. The fraction of sp³-hybridized carbons (Fsp3) is 0.312. The van der Waals surface area contributed by atoms with Crippen LogP contribution in [0.25, 0.3) is 11.3 Å². The molecule has 2 atom stereocenters.